The number of benzene rings is 1. The summed E-state index contributed by atoms with van der Waals surface area (Å²) in [5.41, 5.74) is 6.59. The number of aryl methyl sites for hydroxylation is 2. The minimum absolute atomic E-state index is 0. The van der Waals surface area contributed by atoms with Gasteiger partial charge in [0.05, 0.1) is 0 Å². The molecule has 0 aliphatic rings. The predicted octanol–water partition coefficient (Wildman–Crippen LogP) is 2.39. The molecule has 0 aliphatic carbocycles. The fraction of sp³-hybridized carbons (Fsp3) is 0.438. The number of carbonyl (C=O) groups excluding carboxylic acids is 1. The quantitative estimate of drug-likeness (QED) is 0.708. The van der Waals surface area contributed by atoms with Gasteiger partial charge in [-0.05, 0) is 50.1 Å². The van der Waals surface area contributed by atoms with E-state index in [0.29, 0.717) is 42.4 Å². The van der Waals surface area contributed by atoms with Crippen LogP contribution in [-0.2, 0) is 11.2 Å². The van der Waals surface area contributed by atoms with Crippen LogP contribution in [0.1, 0.15) is 30.7 Å². The summed E-state index contributed by atoms with van der Waals surface area (Å²) in [7, 11) is 0. The Labute approximate surface area is 146 Å². The highest BCUT2D eigenvalue weighted by atomic mass is 35.5. The molecule has 0 atom stereocenters. The minimum Gasteiger partial charge on any atom is -0.356 e. The molecule has 0 fully saturated rings. The van der Waals surface area contributed by atoms with Gasteiger partial charge in [0.25, 0.3) is 0 Å². The van der Waals surface area contributed by atoms with Crippen LogP contribution in [0.15, 0.2) is 22.7 Å². The molecule has 24 heavy (non-hydrogen) atoms. The predicted molar refractivity (Wildman–Crippen MR) is 91.3 cm³/mol. The highest BCUT2D eigenvalue weighted by molar-refractivity contribution is 5.85. The van der Waals surface area contributed by atoms with E-state index in [0.717, 1.165) is 12.8 Å². The van der Waals surface area contributed by atoms with Gasteiger partial charge in [-0.25, -0.2) is 4.39 Å². The number of carbonyl (C=O) groups is 1. The summed E-state index contributed by atoms with van der Waals surface area (Å²) in [4.78, 5) is 15.9. The van der Waals surface area contributed by atoms with Crippen molar-refractivity contribution in [2.45, 2.75) is 32.6 Å². The van der Waals surface area contributed by atoms with Crippen LogP contribution in [0, 0.1) is 12.7 Å². The minimum atomic E-state index is -0.274. The number of rotatable bonds is 8. The van der Waals surface area contributed by atoms with E-state index in [9.17, 15) is 9.18 Å². The molecule has 2 rings (SSSR count). The van der Waals surface area contributed by atoms with E-state index >= 15 is 0 Å². The van der Waals surface area contributed by atoms with E-state index in [4.69, 9.17) is 10.3 Å². The van der Waals surface area contributed by atoms with Crippen LogP contribution in [0.3, 0.4) is 0 Å². The number of amides is 1. The van der Waals surface area contributed by atoms with Crippen molar-refractivity contribution < 1.29 is 13.7 Å². The van der Waals surface area contributed by atoms with Gasteiger partial charge in [-0.15, -0.1) is 12.4 Å². The van der Waals surface area contributed by atoms with E-state index in [1.165, 1.54) is 6.07 Å². The van der Waals surface area contributed by atoms with Gasteiger partial charge < -0.3 is 15.6 Å². The lowest BCUT2D eigenvalue weighted by Crippen LogP contribution is -2.25. The third-order valence-corrected chi connectivity index (χ3v) is 3.40. The number of nitrogens with two attached hydrogens (primary N) is 1. The molecule has 1 aromatic heterocycles. The molecule has 6 nitrogen and oxygen atoms in total. The monoisotopic (exact) mass is 356 g/mol. The second kappa shape index (κ2) is 10.00. The van der Waals surface area contributed by atoms with E-state index in [2.05, 4.69) is 15.5 Å². The first-order valence-corrected chi connectivity index (χ1v) is 7.66. The second-order valence-corrected chi connectivity index (χ2v) is 5.32. The summed E-state index contributed by atoms with van der Waals surface area (Å²) in [5, 5.41) is 6.68. The van der Waals surface area contributed by atoms with Crippen LogP contribution in [-0.4, -0.2) is 29.1 Å². The van der Waals surface area contributed by atoms with Gasteiger partial charge in [-0.3, -0.25) is 4.79 Å². The van der Waals surface area contributed by atoms with Crippen LogP contribution in [0.5, 0.6) is 0 Å². The summed E-state index contributed by atoms with van der Waals surface area (Å²) in [6.07, 6.45) is 2.42. The van der Waals surface area contributed by atoms with E-state index in [1.807, 2.05) is 0 Å². The molecule has 0 unspecified atom stereocenters. The number of halogens is 2. The van der Waals surface area contributed by atoms with Crippen molar-refractivity contribution in [3.63, 3.8) is 0 Å². The zero-order valence-corrected chi connectivity index (χ0v) is 14.4. The molecule has 1 amide bonds. The number of aromatic nitrogens is 2. The van der Waals surface area contributed by atoms with Gasteiger partial charge in [0.15, 0.2) is 0 Å². The molecule has 3 N–H and O–H groups in total. The first kappa shape index (κ1) is 20.1. The van der Waals surface area contributed by atoms with E-state index in [-0.39, 0.29) is 30.6 Å². The summed E-state index contributed by atoms with van der Waals surface area (Å²) >= 11 is 0. The molecule has 0 saturated heterocycles. The van der Waals surface area contributed by atoms with Gasteiger partial charge in [0.2, 0.25) is 17.6 Å². The highest BCUT2D eigenvalue weighted by Gasteiger charge is 2.11. The van der Waals surface area contributed by atoms with Crippen molar-refractivity contribution in [2.24, 2.45) is 5.73 Å². The maximum absolute atomic E-state index is 13.3. The number of hydrogen-bond donors (Lipinski definition) is 2. The molecular formula is C16H22ClFN4O2. The van der Waals surface area contributed by atoms with Crippen molar-refractivity contribution in [1.82, 2.24) is 15.5 Å². The molecule has 1 heterocycles. The van der Waals surface area contributed by atoms with Gasteiger partial charge >= 0.3 is 0 Å². The third-order valence-electron chi connectivity index (χ3n) is 3.40. The number of nitrogens with one attached hydrogen (secondary N) is 1. The lowest BCUT2D eigenvalue weighted by molar-refractivity contribution is -0.121. The van der Waals surface area contributed by atoms with Crippen molar-refractivity contribution in [2.75, 3.05) is 13.1 Å². The summed E-state index contributed by atoms with van der Waals surface area (Å²) in [6, 6.07) is 4.63. The Bertz CT molecular complexity index is 663. The van der Waals surface area contributed by atoms with Gasteiger partial charge in [0.1, 0.15) is 5.82 Å². The lowest BCUT2D eigenvalue weighted by atomic mass is 10.1. The largest absolute Gasteiger partial charge is 0.356 e. The molecule has 0 aliphatic heterocycles. The SMILES string of the molecule is Cc1cc(-c2noc(CCC(=O)NCCCCN)n2)ccc1F.Cl. The third kappa shape index (κ3) is 5.90. The van der Waals surface area contributed by atoms with E-state index in [1.54, 1.807) is 19.1 Å². The molecular weight excluding hydrogens is 335 g/mol. The maximum atomic E-state index is 13.3. The number of unbranched alkanes of at least 4 members (excludes halogenated alkanes) is 1. The average molecular weight is 357 g/mol. The van der Waals surface area contributed by atoms with Crippen LogP contribution in [0.2, 0.25) is 0 Å². The number of nitrogens with zero attached hydrogens (tertiary/aromatic N) is 2. The molecule has 132 valence electrons. The fourth-order valence-corrected chi connectivity index (χ4v) is 2.06. The Kier molecular flexibility index (Phi) is 8.35. The average Bonchev–Trinajstić information content (AvgIpc) is 3.01. The Balaban J connectivity index is 0.00000288. The van der Waals surface area contributed by atoms with Crippen molar-refractivity contribution in [1.29, 1.82) is 0 Å². The van der Waals surface area contributed by atoms with Gasteiger partial charge in [-0.1, -0.05) is 5.16 Å². The Morgan fingerprint density at radius 2 is 2.17 bits per heavy atom. The van der Waals surface area contributed by atoms with Crippen LogP contribution in [0.4, 0.5) is 4.39 Å². The Hall–Kier alpha value is -1.99. The molecule has 0 saturated carbocycles. The normalized spacial score (nSPS) is 10.3. The van der Waals surface area contributed by atoms with Gasteiger partial charge in [0, 0.05) is 24.9 Å². The van der Waals surface area contributed by atoms with Gasteiger partial charge in [-0.2, -0.15) is 4.98 Å². The lowest BCUT2D eigenvalue weighted by Gasteiger charge is -2.02. The number of hydrogen-bond acceptors (Lipinski definition) is 5. The van der Waals surface area contributed by atoms with Crippen LogP contribution in [0.25, 0.3) is 11.4 Å². The van der Waals surface area contributed by atoms with Crippen LogP contribution < -0.4 is 11.1 Å². The van der Waals surface area contributed by atoms with Crippen molar-refractivity contribution >= 4 is 18.3 Å². The Morgan fingerprint density at radius 3 is 2.88 bits per heavy atom. The second-order valence-electron chi connectivity index (χ2n) is 5.32. The fourth-order valence-electron chi connectivity index (χ4n) is 2.06. The molecule has 0 spiro atoms. The Morgan fingerprint density at radius 1 is 1.38 bits per heavy atom. The zero-order valence-electron chi connectivity index (χ0n) is 13.5. The van der Waals surface area contributed by atoms with Crippen molar-refractivity contribution in [3.05, 3.63) is 35.5 Å². The zero-order chi connectivity index (χ0) is 16.7. The van der Waals surface area contributed by atoms with Crippen LogP contribution >= 0.6 is 12.4 Å². The maximum Gasteiger partial charge on any atom is 0.227 e. The topological polar surface area (TPSA) is 94.0 Å². The highest BCUT2D eigenvalue weighted by Crippen LogP contribution is 2.19. The van der Waals surface area contributed by atoms with Crippen molar-refractivity contribution in [3.8, 4) is 11.4 Å². The molecule has 1 aromatic carbocycles. The van der Waals surface area contributed by atoms with E-state index < -0.39 is 0 Å². The smallest absolute Gasteiger partial charge is 0.227 e. The standard InChI is InChI=1S/C16H21FN4O2.ClH/c1-11-10-12(4-5-13(11)17)16-20-15(23-21-16)7-6-14(22)19-9-3-2-8-18;/h4-5,10H,2-3,6-9,18H2,1H3,(H,19,22);1H. The molecule has 0 radical (unpaired) electrons. The first-order chi connectivity index (χ1) is 11.1. The first-order valence-electron chi connectivity index (χ1n) is 7.66. The molecule has 0 bridgehead atoms. The summed E-state index contributed by atoms with van der Waals surface area (Å²) in [5.74, 6) is 0.453. The summed E-state index contributed by atoms with van der Waals surface area (Å²) < 4.78 is 18.4. The molecule has 2 aromatic rings. The summed E-state index contributed by atoms with van der Waals surface area (Å²) in [6.45, 7) is 2.93. The molecule has 8 heteroatoms.